The van der Waals surface area contributed by atoms with Crippen molar-refractivity contribution in [2.75, 3.05) is 0 Å². The number of halogens is 1. The van der Waals surface area contributed by atoms with Crippen LogP contribution in [0.3, 0.4) is 0 Å². The number of nitrogens with zero attached hydrogens (tertiary/aromatic N) is 1. The number of phenolic OH excluding ortho intramolecular Hbond substituents is 1. The summed E-state index contributed by atoms with van der Waals surface area (Å²) in [5.41, 5.74) is 7.34. The van der Waals surface area contributed by atoms with Gasteiger partial charge in [-0.1, -0.05) is 54.1 Å². The van der Waals surface area contributed by atoms with Gasteiger partial charge in [0.25, 0.3) is 0 Å². The minimum atomic E-state index is -0.182. The lowest BCUT2D eigenvalue weighted by Crippen LogP contribution is -2.09. The number of hydrogen-bond acceptors (Lipinski definition) is 5. The second-order valence-corrected chi connectivity index (χ2v) is 8.05. The summed E-state index contributed by atoms with van der Waals surface area (Å²) in [7, 11) is 0. The number of benzene rings is 3. The molecule has 0 spiro atoms. The average Bonchev–Trinajstić information content (AvgIpc) is 3.39. The molecule has 2 N–H and O–H groups in total. The molecule has 5 nitrogen and oxygen atoms in total. The van der Waals surface area contributed by atoms with E-state index in [4.69, 9.17) is 16.0 Å². The minimum Gasteiger partial charge on any atom is -0.507 e. The molecule has 0 amide bonds. The molecule has 1 aliphatic rings. The lowest BCUT2D eigenvalue weighted by molar-refractivity contribution is 0.101. The Bertz CT molecular complexity index is 1320. The lowest BCUT2D eigenvalue weighted by Gasteiger charge is -2.10. The van der Waals surface area contributed by atoms with Crippen molar-refractivity contribution in [1.82, 2.24) is 5.43 Å². The van der Waals surface area contributed by atoms with E-state index >= 15 is 0 Å². The number of phenols is 1. The van der Waals surface area contributed by atoms with Gasteiger partial charge in [-0.05, 0) is 30.7 Å². The van der Waals surface area contributed by atoms with Gasteiger partial charge in [0, 0.05) is 39.6 Å². The van der Waals surface area contributed by atoms with Crippen LogP contribution in [-0.4, -0.2) is 16.6 Å². The molecular weight excluding hydrogens is 412 g/mol. The van der Waals surface area contributed by atoms with Gasteiger partial charge >= 0.3 is 0 Å². The zero-order valence-electron chi connectivity index (χ0n) is 16.7. The number of furan rings is 1. The first-order valence-electron chi connectivity index (χ1n) is 9.95. The number of aromatic hydroxyl groups is 1. The molecule has 154 valence electrons. The van der Waals surface area contributed by atoms with E-state index in [9.17, 15) is 9.90 Å². The summed E-state index contributed by atoms with van der Waals surface area (Å²) >= 11 is 5.98. The molecular formula is C25H19ClN2O3. The van der Waals surface area contributed by atoms with Crippen LogP contribution in [0.2, 0.25) is 5.02 Å². The maximum atomic E-state index is 12.9. The Hall–Kier alpha value is -3.57. The van der Waals surface area contributed by atoms with Crippen molar-refractivity contribution in [1.29, 1.82) is 0 Å². The summed E-state index contributed by atoms with van der Waals surface area (Å²) in [5.74, 6) is 0.165. The van der Waals surface area contributed by atoms with Crippen molar-refractivity contribution in [3.63, 3.8) is 0 Å². The molecule has 0 bridgehead atoms. The Kier molecular flexibility index (Phi) is 4.75. The third kappa shape index (κ3) is 3.47. The molecule has 0 saturated carbocycles. The number of carbonyl (C=O) groups excluding carboxylic acids is 1. The van der Waals surface area contributed by atoms with Gasteiger partial charge in [0.2, 0.25) is 5.78 Å². The van der Waals surface area contributed by atoms with Crippen molar-refractivity contribution in [2.45, 2.75) is 19.4 Å². The van der Waals surface area contributed by atoms with Crippen LogP contribution >= 0.6 is 11.6 Å². The first-order valence-corrected chi connectivity index (χ1v) is 10.3. The highest BCUT2D eigenvalue weighted by Gasteiger charge is 2.25. The Balaban J connectivity index is 1.48. The Labute approximate surface area is 184 Å². The zero-order valence-corrected chi connectivity index (χ0v) is 17.5. The average molecular weight is 431 g/mol. The first kappa shape index (κ1) is 19.4. The van der Waals surface area contributed by atoms with Crippen molar-refractivity contribution in [3.05, 3.63) is 99.8 Å². The van der Waals surface area contributed by atoms with E-state index in [0.717, 1.165) is 22.2 Å². The quantitative estimate of drug-likeness (QED) is 0.403. The molecule has 0 aliphatic carbocycles. The smallest absolute Gasteiger partial charge is 0.228 e. The number of ketones is 1. The molecule has 1 atom stereocenters. The molecule has 0 radical (unpaired) electrons. The highest BCUT2D eigenvalue weighted by atomic mass is 35.5. The van der Waals surface area contributed by atoms with Crippen LogP contribution in [0.25, 0.3) is 11.0 Å². The highest BCUT2D eigenvalue weighted by Crippen LogP contribution is 2.35. The predicted molar refractivity (Wildman–Crippen MR) is 121 cm³/mol. The van der Waals surface area contributed by atoms with E-state index in [1.165, 1.54) is 0 Å². The van der Waals surface area contributed by atoms with Crippen LogP contribution in [0, 0.1) is 6.92 Å². The summed E-state index contributed by atoms with van der Waals surface area (Å²) in [5, 5.41) is 16.6. The molecule has 5 rings (SSSR count). The number of hydrazone groups is 1. The van der Waals surface area contributed by atoms with E-state index in [2.05, 4.69) is 10.5 Å². The summed E-state index contributed by atoms with van der Waals surface area (Å²) in [6.45, 7) is 1.86. The van der Waals surface area contributed by atoms with Crippen LogP contribution in [0.5, 0.6) is 5.75 Å². The van der Waals surface area contributed by atoms with Gasteiger partial charge < -0.3 is 14.9 Å². The molecule has 6 heteroatoms. The SMILES string of the molecule is Cc1c(C(=O)c2ccccc2)oc2cc(O)c(C3=NN[C@H](c4ccc(Cl)cc4)C3)cc12. The summed E-state index contributed by atoms with van der Waals surface area (Å²) in [6.07, 6.45) is 0.618. The maximum Gasteiger partial charge on any atom is 0.228 e. The normalized spacial score (nSPS) is 15.7. The Morgan fingerprint density at radius 1 is 1.13 bits per heavy atom. The molecule has 2 heterocycles. The summed E-state index contributed by atoms with van der Waals surface area (Å²) in [4.78, 5) is 12.9. The zero-order chi connectivity index (χ0) is 21.5. The number of hydrogen-bond donors (Lipinski definition) is 2. The predicted octanol–water partition coefficient (Wildman–Crippen LogP) is 5.77. The monoisotopic (exact) mass is 430 g/mol. The van der Waals surface area contributed by atoms with Crippen molar-refractivity contribution >= 4 is 34.1 Å². The molecule has 31 heavy (non-hydrogen) atoms. The van der Waals surface area contributed by atoms with E-state index in [0.29, 0.717) is 28.2 Å². The lowest BCUT2D eigenvalue weighted by atomic mass is 9.97. The van der Waals surface area contributed by atoms with Crippen molar-refractivity contribution in [2.24, 2.45) is 5.10 Å². The molecule has 0 fully saturated rings. The second kappa shape index (κ2) is 7.60. The van der Waals surface area contributed by atoms with Gasteiger partial charge in [0.1, 0.15) is 11.3 Å². The molecule has 1 aliphatic heterocycles. The number of carbonyl (C=O) groups is 1. The van der Waals surface area contributed by atoms with Gasteiger partial charge in [0.15, 0.2) is 5.76 Å². The third-order valence-corrected chi connectivity index (χ3v) is 5.88. The molecule has 0 saturated heterocycles. The van der Waals surface area contributed by atoms with E-state index < -0.39 is 0 Å². The van der Waals surface area contributed by atoms with Crippen LogP contribution in [0.4, 0.5) is 0 Å². The molecule has 1 aromatic heterocycles. The van der Waals surface area contributed by atoms with E-state index in [1.54, 1.807) is 18.2 Å². The van der Waals surface area contributed by atoms with Gasteiger partial charge in [-0.2, -0.15) is 5.10 Å². The second-order valence-electron chi connectivity index (χ2n) is 7.61. The van der Waals surface area contributed by atoms with Gasteiger partial charge in [-0.25, -0.2) is 0 Å². The highest BCUT2D eigenvalue weighted by molar-refractivity contribution is 6.30. The standard InChI is InChI=1S/C25H19ClN2O3/c1-14-18-11-19(21-12-20(27-28-21)15-7-9-17(26)10-8-15)22(29)13-23(18)31-25(14)24(30)16-5-3-2-4-6-16/h2-11,13,20,27,29H,12H2,1H3/t20-/m0/s1. The molecule has 4 aromatic rings. The largest absolute Gasteiger partial charge is 0.507 e. The molecule has 3 aromatic carbocycles. The number of nitrogens with one attached hydrogen (secondary N) is 1. The fourth-order valence-corrected chi connectivity index (χ4v) is 4.05. The third-order valence-electron chi connectivity index (χ3n) is 5.63. The van der Waals surface area contributed by atoms with Crippen molar-refractivity contribution < 1.29 is 14.3 Å². The van der Waals surface area contributed by atoms with Gasteiger partial charge in [-0.3, -0.25) is 4.79 Å². The Morgan fingerprint density at radius 2 is 1.87 bits per heavy atom. The first-order chi connectivity index (χ1) is 15.0. The van der Waals surface area contributed by atoms with Crippen LogP contribution < -0.4 is 5.43 Å². The van der Waals surface area contributed by atoms with Crippen LogP contribution in [0.15, 0.2) is 76.2 Å². The number of fused-ring (bicyclic) bond motifs is 1. The van der Waals surface area contributed by atoms with Gasteiger partial charge in [0.05, 0.1) is 11.8 Å². The number of aryl methyl sites for hydroxylation is 1. The fraction of sp³-hybridized carbons (Fsp3) is 0.120. The van der Waals surface area contributed by atoms with Gasteiger partial charge in [-0.15, -0.1) is 0 Å². The van der Waals surface area contributed by atoms with E-state index in [1.807, 2.05) is 55.5 Å². The van der Waals surface area contributed by atoms with Crippen molar-refractivity contribution in [3.8, 4) is 5.75 Å². The summed E-state index contributed by atoms with van der Waals surface area (Å²) < 4.78 is 5.84. The number of rotatable bonds is 4. The molecule has 0 unspecified atom stereocenters. The Morgan fingerprint density at radius 3 is 2.61 bits per heavy atom. The van der Waals surface area contributed by atoms with E-state index in [-0.39, 0.29) is 23.3 Å². The maximum absolute atomic E-state index is 12.9. The topological polar surface area (TPSA) is 74.8 Å². The van der Waals surface area contributed by atoms with Crippen LogP contribution in [0.1, 0.15) is 45.3 Å². The fourth-order valence-electron chi connectivity index (χ4n) is 3.92. The minimum absolute atomic E-state index is 0.00281. The summed E-state index contributed by atoms with van der Waals surface area (Å²) in [6, 6.07) is 20.0. The van der Waals surface area contributed by atoms with Crippen LogP contribution in [-0.2, 0) is 0 Å².